The lowest BCUT2D eigenvalue weighted by Gasteiger charge is -2.35. The second kappa shape index (κ2) is 7.11. The number of carbonyl (C=O) groups excluding carboxylic acids is 1. The lowest BCUT2D eigenvalue weighted by molar-refractivity contribution is -0.121. The summed E-state index contributed by atoms with van der Waals surface area (Å²) in [6, 6.07) is 5.01. The molecular formula is C15H22ClN3O2. The van der Waals surface area contributed by atoms with Crippen LogP contribution in [0.1, 0.15) is 6.92 Å². The zero-order chi connectivity index (χ0) is 15.4. The number of likely N-dealkylation sites (N-methyl/N-ethyl adjacent to an activating group) is 1. The molecule has 1 aromatic carbocycles. The average molecular weight is 312 g/mol. The van der Waals surface area contributed by atoms with Gasteiger partial charge in [-0.1, -0.05) is 11.6 Å². The van der Waals surface area contributed by atoms with E-state index in [0.717, 1.165) is 26.2 Å². The summed E-state index contributed by atoms with van der Waals surface area (Å²) in [5, 5.41) is 3.47. The Morgan fingerprint density at radius 2 is 2.00 bits per heavy atom. The van der Waals surface area contributed by atoms with E-state index in [1.54, 1.807) is 25.3 Å². The molecule has 1 N–H and O–H groups in total. The van der Waals surface area contributed by atoms with E-state index in [1.165, 1.54) is 0 Å². The summed E-state index contributed by atoms with van der Waals surface area (Å²) in [6.45, 7) is 5.70. The van der Waals surface area contributed by atoms with E-state index in [9.17, 15) is 4.79 Å². The minimum atomic E-state index is -0.178. The standard InChI is InChI=1S/C15H22ClN3O2/c1-11(19-8-6-18(2)7-9-19)15(20)17-13-10-12(16)4-5-14(13)21-3/h4-5,10-11H,6-9H2,1-3H3,(H,17,20)/t11-/m0/s1. The number of hydrogen-bond acceptors (Lipinski definition) is 4. The van der Waals surface area contributed by atoms with Crippen molar-refractivity contribution in [3.63, 3.8) is 0 Å². The normalized spacial score (nSPS) is 18.3. The highest BCUT2D eigenvalue weighted by Crippen LogP contribution is 2.28. The maximum Gasteiger partial charge on any atom is 0.241 e. The fourth-order valence-electron chi connectivity index (χ4n) is 2.39. The number of carbonyl (C=O) groups is 1. The molecule has 1 aromatic rings. The largest absolute Gasteiger partial charge is 0.495 e. The first-order valence-corrected chi connectivity index (χ1v) is 7.46. The van der Waals surface area contributed by atoms with E-state index in [1.807, 2.05) is 6.92 Å². The van der Waals surface area contributed by atoms with Crippen molar-refractivity contribution in [3.8, 4) is 5.75 Å². The summed E-state index contributed by atoms with van der Waals surface area (Å²) in [5.41, 5.74) is 0.607. The van der Waals surface area contributed by atoms with Crippen molar-refractivity contribution in [2.24, 2.45) is 0 Å². The van der Waals surface area contributed by atoms with E-state index >= 15 is 0 Å². The molecule has 1 fully saturated rings. The van der Waals surface area contributed by atoms with Gasteiger partial charge in [0.05, 0.1) is 18.8 Å². The van der Waals surface area contributed by atoms with Gasteiger partial charge in [0.2, 0.25) is 5.91 Å². The van der Waals surface area contributed by atoms with E-state index < -0.39 is 0 Å². The Labute approximate surface area is 130 Å². The van der Waals surface area contributed by atoms with Crippen LogP contribution in [0.5, 0.6) is 5.75 Å². The van der Waals surface area contributed by atoms with E-state index in [4.69, 9.17) is 16.3 Å². The topological polar surface area (TPSA) is 44.8 Å². The highest BCUT2D eigenvalue weighted by molar-refractivity contribution is 6.31. The molecule has 5 nitrogen and oxygen atoms in total. The fourth-order valence-corrected chi connectivity index (χ4v) is 2.56. The highest BCUT2D eigenvalue weighted by Gasteiger charge is 2.24. The lowest BCUT2D eigenvalue weighted by Crippen LogP contribution is -2.51. The molecule has 1 aliphatic heterocycles. The van der Waals surface area contributed by atoms with Gasteiger partial charge >= 0.3 is 0 Å². The van der Waals surface area contributed by atoms with Crippen molar-refractivity contribution in [2.45, 2.75) is 13.0 Å². The Balaban J connectivity index is 2.02. The molecule has 0 unspecified atom stereocenters. The predicted octanol–water partition coefficient (Wildman–Crippen LogP) is 1.92. The number of benzene rings is 1. The zero-order valence-electron chi connectivity index (χ0n) is 12.7. The molecule has 0 spiro atoms. The van der Waals surface area contributed by atoms with Crippen LogP contribution in [0, 0.1) is 0 Å². The first-order chi connectivity index (χ1) is 10.0. The van der Waals surface area contributed by atoms with Gasteiger partial charge in [0.25, 0.3) is 0 Å². The molecule has 1 saturated heterocycles. The third-order valence-corrected chi connectivity index (χ3v) is 4.12. The molecule has 0 radical (unpaired) electrons. The van der Waals surface area contributed by atoms with Gasteiger partial charge in [0.15, 0.2) is 0 Å². The molecule has 6 heteroatoms. The van der Waals surface area contributed by atoms with E-state index in [0.29, 0.717) is 16.5 Å². The molecule has 0 saturated carbocycles. The third-order valence-electron chi connectivity index (χ3n) is 3.88. The minimum Gasteiger partial charge on any atom is -0.495 e. The molecule has 0 bridgehead atoms. The number of nitrogens with one attached hydrogen (secondary N) is 1. The van der Waals surface area contributed by atoms with E-state index in [2.05, 4.69) is 22.2 Å². The Bertz CT molecular complexity index is 502. The number of amides is 1. The maximum atomic E-state index is 12.4. The zero-order valence-corrected chi connectivity index (χ0v) is 13.5. The van der Waals surface area contributed by atoms with Crippen molar-refractivity contribution < 1.29 is 9.53 Å². The fraction of sp³-hybridized carbons (Fsp3) is 0.533. The van der Waals surface area contributed by atoms with Crippen LogP contribution in [0.3, 0.4) is 0 Å². The van der Waals surface area contributed by atoms with Gasteiger partial charge in [-0.25, -0.2) is 0 Å². The summed E-state index contributed by atoms with van der Waals surface area (Å²) < 4.78 is 5.25. The second-order valence-corrected chi connectivity index (χ2v) is 5.79. The number of nitrogens with zero attached hydrogens (tertiary/aromatic N) is 2. The van der Waals surface area contributed by atoms with Crippen LogP contribution in [-0.2, 0) is 4.79 Å². The number of piperazine rings is 1. The molecule has 2 rings (SSSR count). The molecule has 1 amide bonds. The number of rotatable bonds is 4. The van der Waals surface area contributed by atoms with Gasteiger partial charge in [0, 0.05) is 31.2 Å². The van der Waals surface area contributed by atoms with Crippen molar-refractivity contribution in [1.29, 1.82) is 0 Å². The smallest absolute Gasteiger partial charge is 0.241 e. The Morgan fingerprint density at radius 1 is 1.33 bits per heavy atom. The van der Waals surface area contributed by atoms with Crippen molar-refractivity contribution in [1.82, 2.24) is 9.80 Å². The molecule has 21 heavy (non-hydrogen) atoms. The summed E-state index contributed by atoms with van der Waals surface area (Å²) in [5.74, 6) is 0.568. The van der Waals surface area contributed by atoms with Gasteiger partial charge in [-0.3, -0.25) is 9.69 Å². The summed E-state index contributed by atoms with van der Waals surface area (Å²) in [6.07, 6.45) is 0. The lowest BCUT2D eigenvalue weighted by atomic mass is 10.2. The van der Waals surface area contributed by atoms with E-state index in [-0.39, 0.29) is 11.9 Å². The van der Waals surface area contributed by atoms with Crippen molar-refractivity contribution >= 4 is 23.2 Å². The molecular weight excluding hydrogens is 290 g/mol. The summed E-state index contributed by atoms with van der Waals surface area (Å²) in [4.78, 5) is 16.9. The molecule has 1 aliphatic rings. The second-order valence-electron chi connectivity index (χ2n) is 5.35. The van der Waals surface area contributed by atoms with Gasteiger partial charge in [-0.15, -0.1) is 0 Å². The summed E-state index contributed by atoms with van der Waals surface area (Å²) in [7, 11) is 3.67. The molecule has 1 atom stereocenters. The number of ether oxygens (including phenoxy) is 1. The van der Waals surface area contributed by atoms with Crippen molar-refractivity contribution in [3.05, 3.63) is 23.2 Å². The molecule has 0 aliphatic carbocycles. The van der Waals surface area contributed by atoms with Crippen LogP contribution in [0.4, 0.5) is 5.69 Å². The SMILES string of the molecule is COc1ccc(Cl)cc1NC(=O)[C@H](C)N1CCN(C)CC1. The van der Waals surface area contributed by atoms with Gasteiger partial charge in [0.1, 0.15) is 5.75 Å². The number of halogens is 1. The molecule has 116 valence electrons. The number of methoxy groups -OCH3 is 1. The number of anilines is 1. The van der Waals surface area contributed by atoms with Crippen molar-refractivity contribution in [2.75, 3.05) is 45.7 Å². The van der Waals surface area contributed by atoms with Gasteiger partial charge in [-0.2, -0.15) is 0 Å². The highest BCUT2D eigenvalue weighted by atomic mass is 35.5. The van der Waals surface area contributed by atoms with Crippen LogP contribution in [-0.4, -0.2) is 62.1 Å². The average Bonchev–Trinajstić information content (AvgIpc) is 2.47. The first-order valence-electron chi connectivity index (χ1n) is 7.08. The third kappa shape index (κ3) is 4.09. The Kier molecular flexibility index (Phi) is 5.45. The first kappa shape index (κ1) is 16.1. The molecule has 1 heterocycles. The van der Waals surface area contributed by atoms with Crippen LogP contribution in [0.25, 0.3) is 0 Å². The Hall–Kier alpha value is -1.30. The van der Waals surface area contributed by atoms with Gasteiger partial charge < -0.3 is 15.0 Å². The predicted molar refractivity (Wildman–Crippen MR) is 85.2 cm³/mol. The number of hydrogen-bond donors (Lipinski definition) is 1. The maximum absolute atomic E-state index is 12.4. The van der Waals surface area contributed by atoms with Crippen LogP contribution >= 0.6 is 11.6 Å². The minimum absolute atomic E-state index is 0.0416. The summed E-state index contributed by atoms with van der Waals surface area (Å²) >= 11 is 5.98. The van der Waals surface area contributed by atoms with Crippen LogP contribution in [0.2, 0.25) is 5.02 Å². The van der Waals surface area contributed by atoms with Crippen LogP contribution in [0.15, 0.2) is 18.2 Å². The molecule has 0 aromatic heterocycles. The van der Waals surface area contributed by atoms with Crippen LogP contribution < -0.4 is 10.1 Å². The quantitative estimate of drug-likeness (QED) is 0.923. The van der Waals surface area contributed by atoms with Gasteiger partial charge in [-0.05, 0) is 32.2 Å². The Morgan fingerprint density at radius 3 is 2.62 bits per heavy atom. The monoisotopic (exact) mass is 311 g/mol.